The minimum absolute atomic E-state index is 0.0104. The van der Waals surface area contributed by atoms with Crippen molar-refractivity contribution in [3.8, 4) is 0 Å². The van der Waals surface area contributed by atoms with Gasteiger partial charge in [-0.1, -0.05) is 11.6 Å². The quantitative estimate of drug-likeness (QED) is 0.755. The van der Waals surface area contributed by atoms with Crippen LogP contribution in [0.1, 0.15) is 23.2 Å². The second-order valence-electron chi connectivity index (χ2n) is 4.45. The summed E-state index contributed by atoms with van der Waals surface area (Å²) in [5.41, 5.74) is 0.626. The van der Waals surface area contributed by atoms with Gasteiger partial charge in [0.25, 0.3) is 5.91 Å². The number of hydrogen-bond donors (Lipinski definition) is 0. The van der Waals surface area contributed by atoms with Gasteiger partial charge in [-0.25, -0.2) is 0 Å². The van der Waals surface area contributed by atoms with Gasteiger partial charge in [-0.05, 0) is 53.6 Å². The van der Waals surface area contributed by atoms with E-state index in [2.05, 4.69) is 22.6 Å². The lowest BCUT2D eigenvalue weighted by molar-refractivity contribution is 0.0587. The Morgan fingerprint density at radius 1 is 1.61 bits per heavy atom. The van der Waals surface area contributed by atoms with Crippen molar-refractivity contribution in [2.45, 2.75) is 18.9 Å². The van der Waals surface area contributed by atoms with Crippen molar-refractivity contribution in [2.24, 2.45) is 0 Å². The first-order valence-electron chi connectivity index (χ1n) is 5.90. The average molecular weight is 380 g/mol. The first-order valence-corrected chi connectivity index (χ1v) is 7.35. The van der Waals surface area contributed by atoms with E-state index >= 15 is 0 Å². The summed E-state index contributed by atoms with van der Waals surface area (Å²) < 4.78 is 6.48. The molecule has 1 unspecified atom stereocenters. The Hall–Kier alpha value is -0.330. The second-order valence-corrected chi connectivity index (χ2v) is 6.02. The topological polar surface area (TPSA) is 29.5 Å². The molecule has 0 N–H and O–H groups in total. The normalized spacial score (nSPS) is 18.9. The van der Waals surface area contributed by atoms with Crippen molar-refractivity contribution in [1.29, 1.82) is 0 Å². The summed E-state index contributed by atoms with van der Waals surface area (Å²) in [5.74, 6) is -0.0104. The summed E-state index contributed by atoms with van der Waals surface area (Å²) in [5, 5.41) is 0.618. The molecule has 18 heavy (non-hydrogen) atoms. The SMILES string of the molecule is CN(CC1CCCO1)C(=O)c1ccc(I)c(Cl)c1. The Bertz CT molecular complexity index is 447. The van der Waals surface area contributed by atoms with E-state index < -0.39 is 0 Å². The summed E-state index contributed by atoms with van der Waals surface area (Å²) >= 11 is 8.18. The van der Waals surface area contributed by atoms with Gasteiger partial charge < -0.3 is 9.64 Å². The van der Waals surface area contributed by atoms with Crippen LogP contribution in [0.3, 0.4) is 0 Å². The standard InChI is InChI=1S/C13H15ClINO2/c1-16(8-10-3-2-6-18-10)13(17)9-4-5-12(15)11(14)7-9/h4-5,7,10H,2-3,6,8H2,1H3. The fourth-order valence-corrected chi connectivity index (χ4v) is 2.54. The third kappa shape index (κ3) is 3.36. The smallest absolute Gasteiger partial charge is 0.253 e. The van der Waals surface area contributed by atoms with Gasteiger partial charge in [-0.15, -0.1) is 0 Å². The van der Waals surface area contributed by atoms with Crippen molar-refractivity contribution >= 4 is 40.1 Å². The molecule has 0 aromatic heterocycles. The van der Waals surface area contributed by atoms with Gasteiger partial charge in [-0.3, -0.25) is 4.79 Å². The molecular formula is C13H15ClINO2. The summed E-state index contributed by atoms with van der Waals surface area (Å²) in [6.45, 7) is 1.45. The summed E-state index contributed by atoms with van der Waals surface area (Å²) in [4.78, 5) is 13.9. The van der Waals surface area contributed by atoms with Crippen LogP contribution in [0, 0.1) is 3.57 Å². The van der Waals surface area contributed by atoms with Crippen molar-refractivity contribution in [2.75, 3.05) is 20.2 Å². The fraction of sp³-hybridized carbons (Fsp3) is 0.462. The van der Waals surface area contributed by atoms with Crippen LogP contribution in [0.4, 0.5) is 0 Å². The molecule has 1 atom stereocenters. The molecule has 0 spiro atoms. The highest BCUT2D eigenvalue weighted by Crippen LogP contribution is 2.21. The molecule has 1 aromatic carbocycles. The molecule has 0 aliphatic carbocycles. The number of amides is 1. The maximum atomic E-state index is 12.2. The van der Waals surface area contributed by atoms with Crippen LogP contribution in [0.25, 0.3) is 0 Å². The Labute approximate surface area is 126 Å². The van der Waals surface area contributed by atoms with E-state index in [1.807, 2.05) is 12.1 Å². The third-order valence-electron chi connectivity index (χ3n) is 3.01. The molecule has 1 fully saturated rings. The lowest BCUT2D eigenvalue weighted by Crippen LogP contribution is -2.34. The number of carbonyl (C=O) groups is 1. The van der Waals surface area contributed by atoms with E-state index in [0.717, 1.165) is 23.0 Å². The average Bonchev–Trinajstić information content (AvgIpc) is 2.84. The van der Waals surface area contributed by atoms with E-state index in [1.54, 1.807) is 18.0 Å². The second kappa shape index (κ2) is 6.21. The van der Waals surface area contributed by atoms with E-state index in [1.165, 1.54) is 0 Å². The Kier molecular flexibility index (Phi) is 4.86. The zero-order chi connectivity index (χ0) is 13.1. The van der Waals surface area contributed by atoms with Crippen molar-refractivity contribution < 1.29 is 9.53 Å². The molecule has 1 amide bonds. The predicted octanol–water partition coefficient (Wildman–Crippen LogP) is 3.20. The maximum absolute atomic E-state index is 12.2. The molecule has 0 bridgehead atoms. The number of carbonyl (C=O) groups excluding carboxylic acids is 1. The number of hydrogen-bond acceptors (Lipinski definition) is 2. The zero-order valence-electron chi connectivity index (χ0n) is 10.2. The van der Waals surface area contributed by atoms with E-state index in [-0.39, 0.29) is 12.0 Å². The molecule has 3 nitrogen and oxygen atoms in total. The Balaban J connectivity index is 2.02. The molecule has 1 saturated heterocycles. The molecule has 1 aliphatic heterocycles. The third-order valence-corrected chi connectivity index (χ3v) is 4.59. The molecule has 98 valence electrons. The monoisotopic (exact) mass is 379 g/mol. The van der Waals surface area contributed by atoms with Gasteiger partial charge >= 0.3 is 0 Å². The summed E-state index contributed by atoms with van der Waals surface area (Å²) in [6.07, 6.45) is 2.30. The van der Waals surface area contributed by atoms with Crippen LogP contribution in [0.15, 0.2) is 18.2 Å². The number of halogens is 2. The van der Waals surface area contributed by atoms with Crippen LogP contribution in [0.2, 0.25) is 5.02 Å². The number of benzene rings is 1. The zero-order valence-corrected chi connectivity index (χ0v) is 13.1. The highest BCUT2D eigenvalue weighted by Gasteiger charge is 2.21. The van der Waals surface area contributed by atoms with Gasteiger partial charge in [0.1, 0.15) is 0 Å². The molecule has 1 heterocycles. The van der Waals surface area contributed by atoms with E-state index in [4.69, 9.17) is 16.3 Å². The van der Waals surface area contributed by atoms with E-state index in [9.17, 15) is 4.79 Å². The van der Waals surface area contributed by atoms with Crippen molar-refractivity contribution in [3.05, 3.63) is 32.4 Å². The number of likely N-dealkylation sites (N-methyl/N-ethyl adjacent to an activating group) is 1. The molecule has 5 heteroatoms. The van der Waals surface area contributed by atoms with Crippen molar-refractivity contribution in [1.82, 2.24) is 4.90 Å². The lowest BCUT2D eigenvalue weighted by Gasteiger charge is -2.21. The molecule has 2 rings (SSSR count). The largest absolute Gasteiger partial charge is 0.376 e. The van der Waals surface area contributed by atoms with E-state index in [0.29, 0.717) is 17.1 Å². The minimum Gasteiger partial charge on any atom is -0.376 e. The lowest BCUT2D eigenvalue weighted by atomic mass is 10.2. The number of rotatable bonds is 3. The first kappa shape index (κ1) is 14.1. The highest BCUT2D eigenvalue weighted by atomic mass is 127. The Morgan fingerprint density at radius 2 is 2.39 bits per heavy atom. The van der Waals surface area contributed by atoms with Crippen LogP contribution in [0.5, 0.6) is 0 Å². The van der Waals surface area contributed by atoms with Gasteiger partial charge in [0, 0.05) is 29.3 Å². The maximum Gasteiger partial charge on any atom is 0.253 e. The van der Waals surface area contributed by atoms with Crippen LogP contribution >= 0.6 is 34.2 Å². The number of ether oxygens (including phenoxy) is 1. The van der Waals surface area contributed by atoms with Crippen LogP contribution in [-0.2, 0) is 4.74 Å². The summed E-state index contributed by atoms with van der Waals surface area (Å²) in [6, 6.07) is 5.38. The molecule has 0 saturated carbocycles. The predicted molar refractivity (Wildman–Crippen MR) is 80.1 cm³/mol. The van der Waals surface area contributed by atoms with Gasteiger partial charge in [-0.2, -0.15) is 0 Å². The Morgan fingerprint density at radius 3 is 3.00 bits per heavy atom. The number of nitrogens with zero attached hydrogens (tertiary/aromatic N) is 1. The molecule has 1 aliphatic rings. The molecule has 1 aromatic rings. The fourth-order valence-electron chi connectivity index (χ4n) is 2.03. The molecular weight excluding hydrogens is 365 g/mol. The first-order chi connectivity index (χ1) is 8.58. The van der Waals surface area contributed by atoms with Gasteiger partial charge in [0.2, 0.25) is 0 Å². The van der Waals surface area contributed by atoms with Crippen molar-refractivity contribution in [3.63, 3.8) is 0 Å². The minimum atomic E-state index is -0.0104. The van der Waals surface area contributed by atoms with Gasteiger partial charge in [0.15, 0.2) is 0 Å². The highest BCUT2D eigenvalue weighted by molar-refractivity contribution is 14.1. The van der Waals surface area contributed by atoms with Crippen LogP contribution < -0.4 is 0 Å². The van der Waals surface area contributed by atoms with Gasteiger partial charge in [0.05, 0.1) is 11.1 Å². The molecule has 0 radical (unpaired) electrons. The van der Waals surface area contributed by atoms with Crippen LogP contribution in [-0.4, -0.2) is 37.1 Å². The summed E-state index contributed by atoms with van der Waals surface area (Å²) in [7, 11) is 1.80.